The molecule has 0 aliphatic carbocycles. The molecule has 0 spiro atoms. The Balaban J connectivity index is 0.000000621. The van der Waals surface area contributed by atoms with E-state index in [1.165, 1.54) is 22.8 Å². The van der Waals surface area contributed by atoms with Gasteiger partial charge in [-0.1, -0.05) is 276 Å². The van der Waals surface area contributed by atoms with Gasteiger partial charge in [-0.15, -0.1) is 0 Å². The van der Waals surface area contributed by atoms with Crippen LogP contribution in [0.3, 0.4) is 0 Å². The predicted octanol–water partition coefficient (Wildman–Crippen LogP) is 22.3. The molecule has 0 saturated heterocycles. The SMILES string of the molecule is C.C.CC(C)(C)c1cccc(C(C)(C)C)n1.CC(C)(C)c1cccc(C(C)(C)C)n1.CC(C)(C)c1nc(C(C)(C)C)c2cccnc2n1.CC(C)(C)c1nc(C(C)(C)C)c2ccncc2n1.CC(C)(C)c1nc(C(C)(C)C)c2cnccc2n1.CC(C)(C)c1nc(C(C)(C)C)c2ncccc2n1.[B].[B]. The van der Waals surface area contributed by atoms with Crippen LogP contribution in [0.1, 0.15) is 333 Å². The maximum atomic E-state index is 4.80. The van der Waals surface area contributed by atoms with Crippen molar-refractivity contribution >= 4 is 60.7 Å². The Hall–Kier alpha value is -7.61. The molecule has 10 heterocycles. The van der Waals surface area contributed by atoms with Gasteiger partial charge < -0.3 is 0 Å². The molecule has 0 amide bonds. The van der Waals surface area contributed by atoms with Crippen molar-refractivity contribution in [3.63, 3.8) is 0 Å². The van der Waals surface area contributed by atoms with Crippen LogP contribution in [0, 0.1) is 0 Å². The van der Waals surface area contributed by atoms with Gasteiger partial charge in [0.1, 0.15) is 28.8 Å². The molecule has 0 fully saturated rings. The van der Waals surface area contributed by atoms with E-state index < -0.39 is 0 Å². The first-order valence-corrected chi connectivity index (χ1v) is 35.7. The zero-order chi connectivity index (χ0) is 76.2. The Bertz CT molecular complexity index is 3820. The Labute approximate surface area is 634 Å². The molecule has 14 nitrogen and oxygen atoms in total. The van der Waals surface area contributed by atoms with Crippen LogP contribution in [0.5, 0.6) is 0 Å². The van der Waals surface area contributed by atoms with E-state index in [9.17, 15) is 0 Å². The number of fused-ring (bicyclic) bond motifs is 4. The van der Waals surface area contributed by atoms with Crippen LogP contribution in [0.2, 0.25) is 0 Å². The highest BCUT2D eigenvalue weighted by molar-refractivity contribution is 5.82. The highest BCUT2D eigenvalue weighted by Gasteiger charge is 2.31. The summed E-state index contributed by atoms with van der Waals surface area (Å²) in [4.78, 5) is 64.3. The summed E-state index contributed by atoms with van der Waals surface area (Å²) in [6.45, 7) is 78.1. The number of hydrogen-bond donors (Lipinski definition) is 0. The van der Waals surface area contributed by atoms with Crippen LogP contribution in [0.25, 0.3) is 43.9 Å². The summed E-state index contributed by atoms with van der Waals surface area (Å²) < 4.78 is 0. The lowest BCUT2D eigenvalue weighted by Gasteiger charge is -2.24. The van der Waals surface area contributed by atoms with Gasteiger partial charge in [-0.25, -0.2) is 44.9 Å². The molecule has 10 aromatic heterocycles. The first-order chi connectivity index (χ1) is 45.2. The van der Waals surface area contributed by atoms with Crippen molar-refractivity contribution in [2.45, 2.75) is 329 Å². The number of aromatic nitrogens is 14. The quantitative estimate of drug-likeness (QED) is 0.131. The van der Waals surface area contributed by atoms with E-state index >= 15 is 0 Å². The molecule has 0 saturated carbocycles. The topological polar surface area (TPSA) is 180 Å². The van der Waals surface area contributed by atoms with Crippen LogP contribution in [-0.2, 0) is 65.0 Å². The molecule has 562 valence electrons. The maximum Gasteiger partial charge on any atom is 0.163 e. The summed E-state index contributed by atoms with van der Waals surface area (Å²) in [7, 11) is 0. The number of rotatable bonds is 0. The van der Waals surface area contributed by atoms with Gasteiger partial charge in [-0.3, -0.25) is 24.9 Å². The average Bonchev–Trinajstić information content (AvgIpc) is 0.789. The van der Waals surface area contributed by atoms with Crippen LogP contribution < -0.4 is 0 Å². The van der Waals surface area contributed by atoms with E-state index in [-0.39, 0.29) is 96.7 Å². The van der Waals surface area contributed by atoms with Crippen LogP contribution in [-0.4, -0.2) is 86.6 Å². The average molecular weight is 1410 g/mol. The standard InChI is InChI=1S/4C15H21N3.2C13H21N.2CH4.2B/c1-14(2,3)12-10-9-16-8-7-11(10)17-13(18-12)15(4,5)6;1-14(2,3)12-10-7-8-16-9-11(10)17-13(18-12)15(4,5)6;1-14(2,3)12-11-10(8-7-9-16-11)17-13(18-12)15(4,5)6;1-14(2,3)11-10-8-7-9-16-12(10)18-13(17-11)15(4,5)6;2*1-12(2,3)10-8-7-9-11(14-10)13(4,5)6;;;;/h4*7-9H,1-6H3;2*7-9H,1-6H3;2*1H4;;. The van der Waals surface area contributed by atoms with Crippen LogP contribution in [0.15, 0.2) is 110 Å². The molecule has 0 aromatic carbocycles. The molecule has 104 heavy (non-hydrogen) atoms. The monoisotopic (exact) mass is 1410 g/mol. The molecule has 10 rings (SSSR count). The Morgan fingerprint density at radius 1 is 0.221 bits per heavy atom. The highest BCUT2D eigenvalue weighted by atomic mass is 15.0. The van der Waals surface area contributed by atoms with Gasteiger partial charge in [0.05, 0.1) is 45.5 Å². The summed E-state index contributed by atoms with van der Waals surface area (Å²) in [5.74, 6) is 3.52. The fourth-order valence-electron chi connectivity index (χ4n) is 10.0. The summed E-state index contributed by atoms with van der Waals surface area (Å²) in [6, 6.07) is 24.5. The molecule has 0 N–H and O–H groups in total. The third-order valence-electron chi connectivity index (χ3n) is 16.0. The first-order valence-electron chi connectivity index (χ1n) is 35.7. The summed E-state index contributed by atoms with van der Waals surface area (Å²) in [5, 5.41) is 3.21. The van der Waals surface area contributed by atoms with Crippen molar-refractivity contribution < 1.29 is 0 Å². The van der Waals surface area contributed by atoms with Crippen molar-refractivity contribution in [3.8, 4) is 0 Å². The molecule has 0 aliphatic rings. The summed E-state index contributed by atoms with van der Waals surface area (Å²) in [6.07, 6.45) is 10.9. The molecule has 0 aliphatic heterocycles. The zero-order valence-corrected chi connectivity index (χ0v) is 69.8. The van der Waals surface area contributed by atoms with E-state index in [0.717, 1.165) is 89.9 Å². The Morgan fingerprint density at radius 2 is 0.538 bits per heavy atom. The van der Waals surface area contributed by atoms with Gasteiger partial charge in [-0.05, 0) is 60.7 Å². The summed E-state index contributed by atoms with van der Waals surface area (Å²) in [5.41, 5.74) is 13.8. The zero-order valence-electron chi connectivity index (χ0n) is 69.8. The minimum atomic E-state index is -0.0638. The second kappa shape index (κ2) is 34.7. The molecule has 16 heteroatoms. The van der Waals surface area contributed by atoms with E-state index in [2.05, 4.69) is 332 Å². The highest BCUT2D eigenvalue weighted by Crippen LogP contribution is 2.35. The van der Waals surface area contributed by atoms with Crippen molar-refractivity contribution in [2.75, 3.05) is 0 Å². The Morgan fingerprint density at radius 3 is 0.923 bits per heavy atom. The van der Waals surface area contributed by atoms with Gasteiger partial charge in [0.2, 0.25) is 0 Å². The van der Waals surface area contributed by atoms with Crippen molar-refractivity contribution in [1.29, 1.82) is 0 Å². The second-order valence-corrected chi connectivity index (χ2v) is 38.9. The molecular weight excluding hydrogens is 1270 g/mol. The normalized spacial score (nSPS) is 12.5. The van der Waals surface area contributed by atoms with Crippen molar-refractivity contribution in [3.05, 3.63) is 179 Å². The second-order valence-electron chi connectivity index (χ2n) is 38.9. The van der Waals surface area contributed by atoms with E-state index in [1.807, 2.05) is 42.7 Å². The maximum absolute atomic E-state index is 4.80. The first kappa shape index (κ1) is 94.4. The third-order valence-corrected chi connectivity index (χ3v) is 16.0. The van der Waals surface area contributed by atoms with E-state index in [1.54, 1.807) is 24.8 Å². The van der Waals surface area contributed by atoms with Gasteiger partial charge in [0, 0.05) is 152 Å². The van der Waals surface area contributed by atoms with Crippen LogP contribution in [0.4, 0.5) is 0 Å². The minimum absolute atomic E-state index is 0. The van der Waals surface area contributed by atoms with Gasteiger partial charge in [0.25, 0.3) is 0 Å². The fourth-order valence-corrected chi connectivity index (χ4v) is 10.0. The van der Waals surface area contributed by atoms with E-state index in [0.29, 0.717) is 0 Å². The predicted molar refractivity (Wildman–Crippen MR) is 447 cm³/mol. The Kier molecular flexibility index (Phi) is 31.5. The lowest BCUT2D eigenvalue weighted by molar-refractivity contribution is 0.519. The molecule has 0 bridgehead atoms. The molecular formula is C88H134B2N14. The molecule has 0 unspecified atom stereocenters. The minimum Gasteiger partial charge on any atom is -0.264 e. The lowest BCUT2D eigenvalue weighted by Crippen LogP contribution is -2.22. The largest absolute Gasteiger partial charge is 0.264 e. The lowest BCUT2D eigenvalue weighted by atomic mass is 9.88. The number of nitrogens with zero attached hydrogens (tertiary/aromatic N) is 14. The van der Waals surface area contributed by atoms with Gasteiger partial charge in [0.15, 0.2) is 5.65 Å². The van der Waals surface area contributed by atoms with Gasteiger partial charge >= 0.3 is 0 Å². The summed E-state index contributed by atoms with van der Waals surface area (Å²) >= 11 is 0. The smallest absolute Gasteiger partial charge is 0.163 e. The number of pyridine rings is 6. The van der Waals surface area contributed by atoms with Crippen LogP contribution >= 0.6 is 0 Å². The van der Waals surface area contributed by atoms with Crippen molar-refractivity contribution in [2.24, 2.45) is 0 Å². The molecule has 0 atom stereocenters. The fraction of sp³-hybridized carbons (Fsp3) is 0.568. The molecule has 6 radical (unpaired) electrons. The van der Waals surface area contributed by atoms with Crippen molar-refractivity contribution in [1.82, 2.24) is 69.8 Å². The third kappa shape index (κ3) is 26.5. The number of hydrogen-bond acceptors (Lipinski definition) is 14. The van der Waals surface area contributed by atoms with E-state index in [4.69, 9.17) is 29.9 Å². The van der Waals surface area contributed by atoms with Gasteiger partial charge in [-0.2, -0.15) is 0 Å². The molecule has 10 aromatic rings.